The van der Waals surface area contributed by atoms with Crippen molar-refractivity contribution in [2.24, 2.45) is 0 Å². The van der Waals surface area contributed by atoms with Crippen LogP contribution >= 0.6 is 0 Å². The fourth-order valence-corrected chi connectivity index (χ4v) is 2.90. The smallest absolute Gasteiger partial charge is 0.307 e. The molecule has 21 heavy (non-hydrogen) atoms. The molecular formula is C16H23F3N2. The summed E-state index contributed by atoms with van der Waals surface area (Å²) in [6, 6.07) is 8.86. The van der Waals surface area contributed by atoms with Crippen molar-refractivity contribution in [2.75, 3.05) is 19.6 Å². The van der Waals surface area contributed by atoms with Gasteiger partial charge < -0.3 is 5.32 Å². The quantitative estimate of drug-likeness (QED) is 0.912. The predicted octanol–water partition coefficient (Wildman–Crippen LogP) is 3.67. The summed E-state index contributed by atoms with van der Waals surface area (Å²) in [5.41, 5.74) is 2.45. The van der Waals surface area contributed by atoms with Crippen LogP contribution in [0.3, 0.4) is 0 Å². The molecule has 1 aromatic rings. The molecular weight excluding hydrogens is 277 g/mol. The van der Waals surface area contributed by atoms with E-state index in [1.165, 1.54) is 16.0 Å². The zero-order valence-electron chi connectivity index (χ0n) is 12.6. The van der Waals surface area contributed by atoms with Gasteiger partial charge in [0.25, 0.3) is 0 Å². The van der Waals surface area contributed by atoms with Crippen molar-refractivity contribution in [1.82, 2.24) is 10.2 Å². The maximum absolute atomic E-state index is 12.3. The summed E-state index contributed by atoms with van der Waals surface area (Å²) in [6.07, 6.45) is -2.55. The Kier molecular flexibility index (Phi) is 5.27. The Bertz CT molecular complexity index is 451. The van der Waals surface area contributed by atoms with Crippen molar-refractivity contribution < 1.29 is 13.2 Å². The molecule has 0 aliphatic carbocycles. The van der Waals surface area contributed by atoms with Crippen LogP contribution in [-0.2, 0) is 0 Å². The number of hydrogen-bond acceptors (Lipinski definition) is 2. The van der Waals surface area contributed by atoms with E-state index < -0.39 is 12.7 Å². The topological polar surface area (TPSA) is 15.3 Å². The Morgan fingerprint density at radius 1 is 1.29 bits per heavy atom. The van der Waals surface area contributed by atoms with E-state index in [0.717, 1.165) is 12.8 Å². The molecule has 1 aliphatic heterocycles. The van der Waals surface area contributed by atoms with Gasteiger partial charge in [0.05, 0.1) is 6.54 Å². The summed E-state index contributed by atoms with van der Waals surface area (Å²) in [4.78, 5) is 1.50. The van der Waals surface area contributed by atoms with E-state index in [-0.39, 0.29) is 6.04 Å². The van der Waals surface area contributed by atoms with Crippen LogP contribution in [0.2, 0.25) is 0 Å². The minimum absolute atomic E-state index is 0.226. The molecule has 118 valence electrons. The van der Waals surface area contributed by atoms with Crippen molar-refractivity contribution in [3.63, 3.8) is 0 Å². The first kappa shape index (κ1) is 16.3. The van der Waals surface area contributed by atoms with Crippen LogP contribution in [0.15, 0.2) is 24.3 Å². The third-order valence-corrected chi connectivity index (χ3v) is 4.02. The summed E-state index contributed by atoms with van der Waals surface area (Å²) in [5.74, 6) is 0. The van der Waals surface area contributed by atoms with Crippen LogP contribution in [0.1, 0.15) is 36.9 Å². The summed E-state index contributed by atoms with van der Waals surface area (Å²) in [5, 5.41) is 3.54. The third-order valence-electron chi connectivity index (χ3n) is 4.02. The SMILES string of the molecule is Cc1cccc([C@@H](C)NC2CCN(CC(F)(F)F)CC2)c1. The maximum Gasteiger partial charge on any atom is 0.401 e. The van der Waals surface area contributed by atoms with Crippen molar-refractivity contribution >= 4 is 0 Å². The second-order valence-corrected chi connectivity index (χ2v) is 5.97. The van der Waals surface area contributed by atoms with Crippen LogP contribution in [0.4, 0.5) is 13.2 Å². The van der Waals surface area contributed by atoms with Crippen molar-refractivity contribution in [3.8, 4) is 0 Å². The van der Waals surface area contributed by atoms with Gasteiger partial charge in [0.1, 0.15) is 0 Å². The van der Waals surface area contributed by atoms with Gasteiger partial charge in [-0.15, -0.1) is 0 Å². The van der Waals surface area contributed by atoms with Gasteiger partial charge >= 0.3 is 6.18 Å². The number of alkyl halides is 3. The molecule has 0 amide bonds. The Morgan fingerprint density at radius 2 is 1.95 bits per heavy atom. The zero-order valence-corrected chi connectivity index (χ0v) is 12.6. The fraction of sp³-hybridized carbons (Fsp3) is 0.625. The highest BCUT2D eigenvalue weighted by Crippen LogP contribution is 2.21. The van der Waals surface area contributed by atoms with Crippen molar-refractivity contribution in [3.05, 3.63) is 35.4 Å². The molecule has 0 aromatic heterocycles. The molecule has 1 atom stereocenters. The monoisotopic (exact) mass is 300 g/mol. The summed E-state index contributed by atoms with van der Waals surface area (Å²) in [6.45, 7) is 4.41. The Balaban J connectivity index is 1.81. The largest absolute Gasteiger partial charge is 0.401 e. The van der Waals surface area contributed by atoms with E-state index >= 15 is 0 Å². The highest BCUT2D eigenvalue weighted by molar-refractivity contribution is 5.24. The van der Waals surface area contributed by atoms with Crippen molar-refractivity contribution in [1.29, 1.82) is 0 Å². The normalized spacial score (nSPS) is 19.7. The summed E-state index contributed by atoms with van der Waals surface area (Å²) >= 11 is 0. The molecule has 1 aliphatic rings. The first-order valence-corrected chi connectivity index (χ1v) is 7.45. The van der Waals surface area contributed by atoms with Gasteiger partial charge in [0.15, 0.2) is 0 Å². The van der Waals surface area contributed by atoms with Gasteiger partial charge in [-0.3, -0.25) is 4.90 Å². The third kappa shape index (κ3) is 5.32. The second-order valence-electron chi connectivity index (χ2n) is 5.97. The van der Waals surface area contributed by atoms with E-state index in [1.807, 2.05) is 6.07 Å². The zero-order chi connectivity index (χ0) is 15.5. The van der Waals surface area contributed by atoms with Gasteiger partial charge in [-0.05, 0) is 45.3 Å². The summed E-state index contributed by atoms with van der Waals surface area (Å²) in [7, 11) is 0. The molecule has 0 spiro atoms. The van der Waals surface area contributed by atoms with E-state index in [1.54, 1.807) is 0 Å². The number of nitrogens with one attached hydrogen (secondary N) is 1. The number of benzene rings is 1. The molecule has 0 bridgehead atoms. The average molecular weight is 300 g/mol. The van der Waals surface area contributed by atoms with Crippen molar-refractivity contribution in [2.45, 2.75) is 44.9 Å². The maximum atomic E-state index is 12.3. The minimum Gasteiger partial charge on any atom is -0.307 e. The van der Waals surface area contributed by atoms with Gasteiger partial charge in [0, 0.05) is 12.1 Å². The Morgan fingerprint density at radius 3 is 2.52 bits per heavy atom. The molecule has 2 nitrogen and oxygen atoms in total. The second kappa shape index (κ2) is 6.79. The van der Waals surface area contributed by atoms with Crippen LogP contribution in [0.5, 0.6) is 0 Å². The van der Waals surface area contributed by atoms with E-state index in [2.05, 4.69) is 37.4 Å². The van der Waals surface area contributed by atoms with Crippen LogP contribution in [0, 0.1) is 6.92 Å². The lowest BCUT2D eigenvalue weighted by molar-refractivity contribution is -0.148. The number of rotatable bonds is 4. The summed E-state index contributed by atoms with van der Waals surface area (Å²) < 4.78 is 37.0. The minimum atomic E-state index is -4.09. The first-order chi connectivity index (χ1) is 9.83. The van der Waals surface area contributed by atoms with Crippen LogP contribution in [0.25, 0.3) is 0 Å². The molecule has 1 aromatic carbocycles. The standard InChI is InChI=1S/C16H23F3N2/c1-12-4-3-5-14(10-12)13(2)20-15-6-8-21(9-7-15)11-16(17,18)19/h3-5,10,13,15,20H,6-9,11H2,1-2H3/t13-/m1/s1. The molecule has 1 fully saturated rings. The van der Waals surface area contributed by atoms with Gasteiger partial charge in [-0.1, -0.05) is 29.8 Å². The molecule has 2 rings (SSSR count). The lowest BCUT2D eigenvalue weighted by Crippen LogP contribution is -2.46. The van der Waals surface area contributed by atoms with Gasteiger partial charge in [0.2, 0.25) is 0 Å². The molecule has 1 N–H and O–H groups in total. The van der Waals surface area contributed by atoms with E-state index in [9.17, 15) is 13.2 Å². The van der Waals surface area contributed by atoms with Gasteiger partial charge in [-0.25, -0.2) is 0 Å². The predicted molar refractivity (Wildman–Crippen MR) is 78.2 cm³/mol. The number of aryl methyl sites for hydroxylation is 1. The fourth-order valence-electron chi connectivity index (χ4n) is 2.90. The molecule has 5 heteroatoms. The van der Waals surface area contributed by atoms with Crippen LogP contribution < -0.4 is 5.32 Å². The number of halogens is 3. The lowest BCUT2D eigenvalue weighted by Gasteiger charge is -2.34. The highest BCUT2D eigenvalue weighted by Gasteiger charge is 2.32. The number of hydrogen-bond donors (Lipinski definition) is 1. The Hall–Kier alpha value is -1.07. The molecule has 0 radical (unpaired) electrons. The Labute approximate surface area is 124 Å². The lowest BCUT2D eigenvalue weighted by atomic mass is 10.0. The number of nitrogens with zero attached hydrogens (tertiary/aromatic N) is 1. The van der Waals surface area contributed by atoms with E-state index in [4.69, 9.17) is 0 Å². The number of likely N-dealkylation sites (tertiary alicyclic amines) is 1. The molecule has 1 saturated heterocycles. The average Bonchev–Trinajstić information content (AvgIpc) is 2.39. The molecule has 1 heterocycles. The van der Waals surface area contributed by atoms with E-state index in [0.29, 0.717) is 19.1 Å². The van der Waals surface area contributed by atoms with Crippen LogP contribution in [-0.4, -0.2) is 36.8 Å². The molecule has 0 saturated carbocycles. The number of piperidine rings is 1. The van der Waals surface area contributed by atoms with Gasteiger partial charge in [-0.2, -0.15) is 13.2 Å². The highest BCUT2D eigenvalue weighted by atomic mass is 19.4. The molecule has 0 unspecified atom stereocenters. The first-order valence-electron chi connectivity index (χ1n) is 7.45.